The molecule has 2 N–H and O–H groups in total. The van der Waals surface area contributed by atoms with E-state index in [1.165, 1.54) is 26.6 Å². The van der Waals surface area contributed by atoms with Gasteiger partial charge in [-0.1, -0.05) is 17.7 Å². The van der Waals surface area contributed by atoms with Gasteiger partial charge in [-0.05, 0) is 17.7 Å². The quantitative estimate of drug-likeness (QED) is 0.416. The molecule has 0 unspecified atom stereocenters. The molecule has 0 saturated heterocycles. The predicted molar refractivity (Wildman–Crippen MR) is 108 cm³/mol. The molecule has 0 spiro atoms. The van der Waals surface area contributed by atoms with Crippen molar-refractivity contribution in [1.29, 1.82) is 0 Å². The minimum absolute atomic E-state index is 0.0155. The topological polar surface area (TPSA) is 124 Å². The number of methoxy groups -OCH3 is 2. The molecule has 3 aromatic rings. The highest BCUT2D eigenvalue weighted by Crippen LogP contribution is 2.39. The smallest absolute Gasteiger partial charge is 0.353 e. The number of benzene rings is 1. The Morgan fingerprint density at radius 1 is 1.17 bits per heavy atom. The lowest BCUT2D eigenvalue weighted by Crippen LogP contribution is -2.08. The highest BCUT2D eigenvalue weighted by molar-refractivity contribution is 6.32. The Hall–Kier alpha value is -3.66. The molecule has 2 heterocycles. The van der Waals surface area contributed by atoms with E-state index in [2.05, 4.69) is 25.6 Å². The van der Waals surface area contributed by atoms with E-state index in [0.29, 0.717) is 28.8 Å². The number of aromatic nitrogens is 3. The zero-order valence-corrected chi connectivity index (χ0v) is 16.3. The van der Waals surface area contributed by atoms with Gasteiger partial charge in [-0.25, -0.2) is 9.97 Å². The van der Waals surface area contributed by atoms with Gasteiger partial charge in [0.2, 0.25) is 11.6 Å². The highest BCUT2D eigenvalue weighted by Gasteiger charge is 2.24. The minimum atomic E-state index is -0.564. The Labute approximate surface area is 171 Å². The third-order valence-corrected chi connectivity index (χ3v) is 4.21. The number of anilines is 3. The molecule has 0 aliphatic carbocycles. The van der Waals surface area contributed by atoms with E-state index in [4.69, 9.17) is 21.1 Å². The third-order valence-electron chi connectivity index (χ3n) is 3.91. The summed E-state index contributed by atoms with van der Waals surface area (Å²) in [5.41, 5.74) is 0.919. The summed E-state index contributed by atoms with van der Waals surface area (Å²) in [5, 5.41) is 17.9. The molecule has 11 heteroatoms. The van der Waals surface area contributed by atoms with Crippen molar-refractivity contribution in [2.75, 3.05) is 24.9 Å². The van der Waals surface area contributed by atoms with Crippen LogP contribution in [0.3, 0.4) is 0 Å². The van der Waals surface area contributed by atoms with Gasteiger partial charge in [-0.15, -0.1) is 0 Å². The maximum atomic E-state index is 11.7. The molecule has 0 bridgehead atoms. The number of ether oxygens (including phenoxy) is 2. The van der Waals surface area contributed by atoms with Crippen molar-refractivity contribution in [2.24, 2.45) is 0 Å². The number of hydrogen-bond donors (Lipinski definition) is 2. The van der Waals surface area contributed by atoms with Gasteiger partial charge in [0.15, 0.2) is 0 Å². The third kappa shape index (κ3) is 4.61. The molecule has 0 radical (unpaired) electrons. The van der Waals surface area contributed by atoms with Crippen LogP contribution < -0.4 is 20.1 Å². The molecular formula is C18H17ClN6O4. The van der Waals surface area contributed by atoms with E-state index in [9.17, 15) is 10.1 Å². The van der Waals surface area contributed by atoms with Crippen molar-refractivity contribution in [3.63, 3.8) is 0 Å². The Bertz CT molecular complexity index is 1020. The van der Waals surface area contributed by atoms with Crippen molar-refractivity contribution < 1.29 is 14.4 Å². The number of nitro groups is 1. The van der Waals surface area contributed by atoms with Gasteiger partial charge in [0.25, 0.3) is 0 Å². The summed E-state index contributed by atoms with van der Waals surface area (Å²) >= 11 is 6.17. The maximum absolute atomic E-state index is 11.7. The van der Waals surface area contributed by atoms with Gasteiger partial charge in [-0.3, -0.25) is 15.1 Å². The summed E-state index contributed by atoms with van der Waals surface area (Å²) in [7, 11) is 2.94. The number of nitrogens with zero attached hydrogens (tertiary/aromatic N) is 4. The minimum Gasteiger partial charge on any atom is -0.495 e. The fourth-order valence-corrected chi connectivity index (χ4v) is 2.79. The van der Waals surface area contributed by atoms with Crippen molar-refractivity contribution in [2.45, 2.75) is 6.54 Å². The van der Waals surface area contributed by atoms with Crippen LogP contribution in [-0.4, -0.2) is 34.1 Å². The molecule has 0 atom stereocenters. The van der Waals surface area contributed by atoms with E-state index in [1.54, 1.807) is 24.5 Å². The molecule has 10 nitrogen and oxygen atoms in total. The van der Waals surface area contributed by atoms with Gasteiger partial charge < -0.3 is 20.1 Å². The average Bonchev–Trinajstić information content (AvgIpc) is 2.73. The molecule has 2 aromatic heterocycles. The molecule has 0 fully saturated rings. The van der Waals surface area contributed by atoms with E-state index < -0.39 is 4.92 Å². The summed E-state index contributed by atoms with van der Waals surface area (Å²) in [4.78, 5) is 23.2. The number of hydrogen-bond acceptors (Lipinski definition) is 9. The van der Waals surface area contributed by atoms with Crippen LogP contribution in [0.25, 0.3) is 0 Å². The molecule has 0 amide bonds. The number of halogens is 1. The Kier molecular flexibility index (Phi) is 6.25. The normalized spacial score (nSPS) is 10.3. The van der Waals surface area contributed by atoms with Crippen molar-refractivity contribution in [3.05, 3.63) is 63.7 Å². The lowest BCUT2D eigenvalue weighted by molar-refractivity contribution is -0.383. The van der Waals surface area contributed by atoms with Gasteiger partial charge >= 0.3 is 5.69 Å². The van der Waals surface area contributed by atoms with Crippen LogP contribution in [-0.2, 0) is 6.54 Å². The van der Waals surface area contributed by atoms with Crippen LogP contribution in [0.2, 0.25) is 5.02 Å². The zero-order valence-electron chi connectivity index (χ0n) is 15.5. The molecule has 0 aliphatic rings. The van der Waals surface area contributed by atoms with Crippen molar-refractivity contribution >= 4 is 34.6 Å². The largest absolute Gasteiger partial charge is 0.495 e. The van der Waals surface area contributed by atoms with Gasteiger partial charge in [0.1, 0.15) is 17.8 Å². The Morgan fingerprint density at radius 3 is 2.59 bits per heavy atom. The zero-order chi connectivity index (χ0) is 20.8. The SMILES string of the molecule is COc1cc(OC)c(Nc2ncnc(NCc3cccnc3)c2[N+](=O)[O-])cc1Cl. The first-order valence-corrected chi connectivity index (χ1v) is 8.72. The second kappa shape index (κ2) is 9.02. The van der Waals surface area contributed by atoms with E-state index in [0.717, 1.165) is 5.56 Å². The van der Waals surface area contributed by atoms with Crippen LogP contribution in [0.1, 0.15) is 5.56 Å². The average molecular weight is 417 g/mol. The summed E-state index contributed by atoms with van der Waals surface area (Å²) < 4.78 is 10.5. The highest BCUT2D eigenvalue weighted by atomic mass is 35.5. The molecule has 0 aliphatic heterocycles. The second-order valence-corrected chi connectivity index (χ2v) is 6.11. The number of pyridine rings is 1. The summed E-state index contributed by atoms with van der Waals surface area (Å²) in [6, 6.07) is 6.72. The van der Waals surface area contributed by atoms with E-state index >= 15 is 0 Å². The first-order valence-electron chi connectivity index (χ1n) is 8.34. The second-order valence-electron chi connectivity index (χ2n) is 5.70. The Morgan fingerprint density at radius 2 is 1.93 bits per heavy atom. The summed E-state index contributed by atoms with van der Waals surface area (Å²) in [6.07, 6.45) is 4.52. The van der Waals surface area contributed by atoms with Gasteiger partial charge in [0.05, 0.1) is 29.9 Å². The van der Waals surface area contributed by atoms with Gasteiger partial charge in [-0.2, -0.15) is 0 Å². The first kappa shape index (κ1) is 20.1. The number of rotatable bonds is 8. The van der Waals surface area contributed by atoms with E-state index in [1.807, 2.05) is 6.07 Å². The van der Waals surface area contributed by atoms with Crippen molar-refractivity contribution in [3.8, 4) is 11.5 Å². The molecular weight excluding hydrogens is 400 g/mol. The monoisotopic (exact) mass is 416 g/mol. The standard InChI is InChI=1S/C18H17ClN6O4/c1-28-14-7-15(29-2)13(6-12(14)19)24-18-16(25(26)27)17(22-10-23-18)21-9-11-4-3-5-20-8-11/h3-8,10H,9H2,1-2H3,(H2,21,22,23,24). The number of nitrogens with one attached hydrogen (secondary N) is 2. The fourth-order valence-electron chi connectivity index (χ4n) is 2.55. The van der Waals surface area contributed by atoms with Crippen LogP contribution in [0.5, 0.6) is 11.5 Å². The fraction of sp³-hybridized carbons (Fsp3) is 0.167. The summed E-state index contributed by atoms with van der Waals surface area (Å²) in [5.74, 6) is 0.835. The lowest BCUT2D eigenvalue weighted by atomic mass is 10.2. The molecule has 29 heavy (non-hydrogen) atoms. The van der Waals surface area contributed by atoms with Crippen LogP contribution in [0, 0.1) is 10.1 Å². The van der Waals surface area contributed by atoms with Crippen LogP contribution >= 0.6 is 11.6 Å². The van der Waals surface area contributed by atoms with Gasteiger partial charge in [0, 0.05) is 25.0 Å². The lowest BCUT2D eigenvalue weighted by Gasteiger charge is -2.14. The predicted octanol–water partition coefficient (Wildman–Crippen LogP) is 3.81. The molecule has 3 rings (SSSR count). The van der Waals surface area contributed by atoms with Crippen LogP contribution in [0.4, 0.5) is 23.0 Å². The molecule has 0 saturated carbocycles. The Balaban J connectivity index is 1.94. The molecule has 150 valence electrons. The summed E-state index contributed by atoms with van der Waals surface area (Å²) in [6.45, 7) is 0.308. The first-order chi connectivity index (χ1) is 14.0. The van der Waals surface area contributed by atoms with Crippen LogP contribution in [0.15, 0.2) is 43.0 Å². The molecule has 1 aromatic carbocycles. The van der Waals surface area contributed by atoms with E-state index in [-0.39, 0.29) is 17.3 Å². The van der Waals surface area contributed by atoms with Crippen molar-refractivity contribution in [1.82, 2.24) is 15.0 Å². The maximum Gasteiger partial charge on any atom is 0.353 e.